The highest BCUT2D eigenvalue weighted by atomic mass is 79.9. The van der Waals surface area contributed by atoms with E-state index in [4.69, 9.17) is 23.7 Å². The lowest BCUT2D eigenvalue weighted by Crippen LogP contribution is -2.18. The van der Waals surface area contributed by atoms with Crippen LogP contribution in [0.25, 0.3) is 22.0 Å². The van der Waals surface area contributed by atoms with Gasteiger partial charge in [0.25, 0.3) is 5.91 Å². The molecule has 0 aliphatic carbocycles. The van der Waals surface area contributed by atoms with E-state index >= 15 is 0 Å². The number of aromatic nitrogens is 1. The Kier molecular flexibility index (Phi) is 9.15. The van der Waals surface area contributed by atoms with Gasteiger partial charge < -0.3 is 28.7 Å². The predicted molar refractivity (Wildman–Crippen MR) is 171 cm³/mol. The Hall–Kier alpha value is -5.29. The monoisotopic (exact) mass is 657 g/mol. The van der Waals surface area contributed by atoms with Crippen LogP contribution in [0.15, 0.2) is 88.4 Å². The number of H-pyrrole nitrogens is 1. The number of methoxy groups -OCH3 is 4. The number of ether oxygens (including phenoxy) is 5. The molecule has 5 aromatic rings. The lowest BCUT2D eigenvalue weighted by atomic mass is 10.0. The van der Waals surface area contributed by atoms with Gasteiger partial charge >= 0.3 is 5.97 Å². The number of amides is 1. The smallest absolute Gasteiger partial charge is 0.343 e. The number of fused-ring (bicyclic) bond motifs is 1. The number of nitrogens with zero attached hydrogens (tertiary/aromatic N) is 1. The molecule has 0 aliphatic heterocycles. The third-order valence-electron chi connectivity index (χ3n) is 6.72. The first-order valence-electron chi connectivity index (χ1n) is 13.3. The predicted octanol–water partition coefficient (Wildman–Crippen LogP) is 6.61. The Morgan fingerprint density at radius 2 is 1.50 bits per heavy atom. The molecule has 0 saturated heterocycles. The molecule has 0 saturated carbocycles. The molecule has 224 valence electrons. The van der Waals surface area contributed by atoms with E-state index in [1.807, 2.05) is 48.5 Å². The van der Waals surface area contributed by atoms with Crippen LogP contribution >= 0.6 is 15.9 Å². The van der Waals surface area contributed by atoms with Gasteiger partial charge in [0.1, 0.15) is 5.69 Å². The molecule has 11 heteroatoms. The second kappa shape index (κ2) is 13.3. The maximum Gasteiger partial charge on any atom is 0.343 e. The Balaban J connectivity index is 1.34. The fourth-order valence-electron chi connectivity index (χ4n) is 4.67. The summed E-state index contributed by atoms with van der Waals surface area (Å²) in [5.41, 5.74) is 6.26. The zero-order valence-corrected chi connectivity index (χ0v) is 25.9. The molecule has 1 amide bonds. The lowest BCUT2D eigenvalue weighted by molar-refractivity contribution is 0.0728. The Labute approximate surface area is 261 Å². The van der Waals surface area contributed by atoms with Gasteiger partial charge in [-0.25, -0.2) is 10.2 Å². The molecular formula is C33H28BrN3O7. The van der Waals surface area contributed by atoms with E-state index in [9.17, 15) is 9.59 Å². The first-order chi connectivity index (χ1) is 21.4. The van der Waals surface area contributed by atoms with Crippen molar-refractivity contribution < 1.29 is 33.3 Å². The number of halogens is 1. The van der Waals surface area contributed by atoms with Crippen molar-refractivity contribution in [1.29, 1.82) is 0 Å². The molecule has 0 fully saturated rings. The standard InChI is InChI=1S/C33H28BrN3O7/c1-40-26-14-19(10-13-25(26)44-33(39)21-15-27(41-2)31(43-4)28(16-21)42-3)18-35-37-32(38)30-29(20-8-6-5-7-9-20)23-17-22(34)11-12-24(23)36-30/h5-18,36H,1-4H3,(H,37,38). The molecule has 0 aliphatic rings. The molecule has 10 nitrogen and oxygen atoms in total. The van der Waals surface area contributed by atoms with Gasteiger partial charge in [-0.15, -0.1) is 0 Å². The summed E-state index contributed by atoms with van der Waals surface area (Å²) < 4.78 is 27.9. The van der Waals surface area contributed by atoms with E-state index in [1.54, 1.807) is 18.2 Å². The van der Waals surface area contributed by atoms with Crippen molar-refractivity contribution in [1.82, 2.24) is 10.4 Å². The number of carbonyl (C=O) groups excluding carboxylic acids is 2. The van der Waals surface area contributed by atoms with Gasteiger partial charge in [0, 0.05) is 20.9 Å². The fraction of sp³-hybridized carbons (Fsp3) is 0.121. The van der Waals surface area contributed by atoms with E-state index in [0.29, 0.717) is 28.5 Å². The number of rotatable bonds is 10. The number of hydrogen-bond donors (Lipinski definition) is 2. The minimum Gasteiger partial charge on any atom is -0.493 e. The molecule has 4 aromatic carbocycles. The molecular weight excluding hydrogens is 630 g/mol. The summed E-state index contributed by atoms with van der Waals surface area (Å²) in [5.74, 6) is 0.392. The minimum absolute atomic E-state index is 0.184. The average molecular weight is 659 g/mol. The highest BCUT2D eigenvalue weighted by Crippen LogP contribution is 2.39. The van der Waals surface area contributed by atoms with E-state index in [-0.39, 0.29) is 17.1 Å². The third kappa shape index (κ3) is 6.23. The third-order valence-corrected chi connectivity index (χ3v) is 7.21. The Bertz CT molecular complexity index is 1840. The number of nitrogens with one attached hydrogen (secondary N) is 2. The fourth-order valence-corrected chi connectivity index (χ4v) is 5.03. The van der Waals surface area contributed by atoms with Crippen molar-refractivity contribution in [3.8, 4) is 39.9 Å². The minimum atomic E-state index is -0.657. The molecule has 5 rings (SSSR count). The lowest BCUT2D eigenvalue weighted by Gasteiger charge is -2.14. The molecule has 0 atom stereocenters. The van der Waals surface area contributed by atoms with Crippen LogP contribution in [0.1, 0.15) is 26.4 Å². The molecule has 1 aromatic heterocycles. The van der Waals surface area contributed by atoms with E-state index in [1.165, 1.54) is 46.8 Å². The summed E-state index contributed by atoms with van der Waals surface area (Å²) in [6.07, 6.45) is 1.46. The van der Waals surface area contributed by atoms with Crippen molar-refractivity contribution in [3.63, 3.8) is 0 Å². The van der Waals surface area contributed by atoms with Crippen LogP contribution in [0.3, 0.4) is 0 Å². The van der Waals surface area contributed by atoms with Crippen molar-refractivity contribution in [2.75, 3.05) is 28.4 Å². The first-order valence-corrected chi connectivity index (χ1v) is 14.1. The average Bonchev–Trinajstić information content (AvgIpc) is 3.43. The van der Waals surface area contributed by atoms with Crippen LogP contribution in [0.4, 0.5) is 0 Å². The summed E-state index contributed by atoms with van der Waals surface area (Å²) in [6, 6.07) is 23.3. The SMILES string of the molecule is COc1cc(C=NNC(=O)c2[nH]c3ccc(Br)cc3c2-c2ccccc2)ccc1OC(=O)c1cc(OC)c(OC)c(OC)c1. The quantitative estimate of drug-likeness (QED) is 0.0750. The maximum absolute atomic E-state index is 13.3. The van der Waals surface area contributed by atoms with E-state index in [0.717, 1.165) is 26.5 Å². The summed E-state index contributed by atoms with van der Waals surface area (Å²) in [7, 11) is 5.84. The maximum atomic E-state index is 13.3. The molecule has 0 unspecified atom stereocenters. The summed E-state index contributed by atoms with van der Waals surface area (Å²) >= 11 is 3.52. The zero-order valence-electron chi connectivity index (χ0n) is 24.3. The Morgan fingerprint density at radius 3 is 2.16 bits per heavy atom. The number of aromatic amines is 1. The van der Waals surface area contributed by atoms with Crippen molar-refractivity contribution in [2.45, 2.75) is 0 Å². The van der Waals surface area contributed by atoms with Crippen LogP contribution in [0.5, 0.6) is 28.7 Å². The molecule has 0 bridgehead atoms. The normalized spacial score (nSPS) is 10.9. The number of benzene rings is 4. The topological polar surface area (TPSA) is 120 Å². The summed E-state index contributed by atoms with van der Waals surface area (Å²) in [4.78, 5) is 29.5. The molecule has 44 heavy (non-hydrogen) atoms. The second-order valence-electron chi connectivity index (χ2n) is 9.34. The van der Waals surface area contributed by atoms with Gasteiger partial charge in [-0.3, -0.25) is 4.79 Å². The molecule has 0 spiro atoms. The highest BCUT2D eigenvalue weighted by molar-refractivity contribution is 9.10. The highest BCUT2D eigenvalue weighted by Gasteiger charge is 2.21. The summed E-state index contributed by atoms with van der Waals surface area (Å²) in [6.45, 7) is 0. The number of esters is 1. The van der Waals surface area contributed by atoms with Crippen LogP contribution < -0.4 is 29.1 Å². The molecule has 1 heterocycles. The van der Waals surface area contributed by atoms with Gasteiger partial charge in [0.15, 0.2) is 23.0 Å². The van der Waals surface area contributed by atoms with E-state index in [2.05, 4.69) is 31.4 Å². The van der Waals surface area contributed by atoms with Gasteiger partial charge in [-0.05, 0) is 59.7 Å². The number of hydrogen-bond acceptors (Lipinski definition) is 8. The van der Waals surface area contributed by atoms with Crippen molar-refractivity contribution >= 4 is 44.9 Å². The van der Waals surface area contributed by atoms with Crippen molar-refractivity contribution in [3.05, 3.63) is 100 Å². The van der Waals surface area contributed by atoms with Crippen LogP contribution in [0.2, 0.25) is 0 Å². The first kappa shape index (κ1) is 30.2. The van der Waals surface area contributed by atoms with Gasteiger partial charge in [0.2, 0.25) is 5.75 Å². The van der Waals surface area contributed by atoms with Gasteiger partial charge in [-0.1, -0.05) is 46.3 Å². The van der Waals surface area contributed by atoms with E-state index < -0.39 is 11.9 Å². The van der Waals surface area contributed by atoms with Crippen molar-refractivity contribution in [2.24, 2.45) is 5.10 Å². The Morgan fingerprint density at radius 1 is 0.795 bits per heavy atom. The second-order valence-corrected chi connectivity index (χ2v) is 10.3. The summed E-state index contributed by atoms with van der Waals surface area (Å²) in [5, 5.41) is 5.06. The van der Waals surface area contributed by atoms with Crippen LogP contribution in [-0.4, -0.2) is 51.5 Å². The number of carbonyl (C=O) groups is 2. The van der Waals surface area contributed by atoms with Crippen LogP contribution in [-0.2, 0) is 0 Å². The number of hydrazone groups is 1. The largest absolute Gasteiger partial charge is 0.493 e. The molecule has 2 N–H and O–H groups in total. The zero-order chi connectivity index (χ0) is 31.2. The van der Waals surface area contributed by atoms with Gasteiger partial charge in [0.05, 0.1) is 40.2 Å². The molecule has 0 radical (unpaired) electrons. The van der Waals surface area contributed by atoms with Gasteiger partial charge in [-0.2, -0.15) is 5.10 Å². The van der Waals surface area contributed by atoms with Crippen LogP contribution in [0, 0.1) is 0 Å².